The Morgan fingerprint density at radius 3 is 2.65 bits per heavy atom. The summed E-state index contributed by atoms with van der Waals surface area (Å²) in [6.45, 7) is 7.44. The van der Waals surface area contributed by atoms with Gasteiger partial charge < -0.3 is 25.0 Å². The standard InChI is InChI=1S/C29H39N3O5/c1-4-36-16-8-15-32-25(27(34)30-20-9-6-5-7-10-20)29-14-13-22(37-29)23(24(29)28(32)35)26(33)31-21-12-11-18(2)19(3)17-21/h11-14,17,20,22-25H,4-10,15-16H2,1-3H3,(H,30,34)(H,31,33)/t22-,23-,24-,25-,29+/m1/s1. The highest BCUT2D eigenvalue weighted by Gasteiger charge is 2.72. The van der Waals surface area contributed by atoms with E-state index in [2.05, 4.69) is 10.6 Å². The smallest absolute Gasteiger partial charge is 0.246 e. The first-order valence-corrected chi connectivity index (χ1v) is 13.8. The molecule has 0 unspecified atom stereocenters. The molecule has 0 aromatic heterocycles. The minimum absolute atomic E-state index is 0.114. The van der Waals surface area contributed by atoms with Gasteiger partial charge in [-0.1, -0.05) is 37.5 Å². The number of hydrogen-bond acceptors (Lipinski definition) is 5. The van der Waals surface area contributed by atoms with Crippen molar-refractivity contribution >= 4 is 23.4 Å². The number of rotatable bonds is 9. The quantitative estimate of drug-likeness (QED) is 0.393. The molecule has 3 amide bonds. The lowest BCUT2D eigenvalue weighted by Gasteiger charge is -2.34. The van der Waals surface area contributed by atoms with Crippen molar-refractivity contribution in [1.29, 1.82) is 0 Å². The zero-order valence-corrected chi connectivity index (χ0v) is 22.1. The van der Waals surface area contributed by atoms with E-state index >= 15 is 0 Å². The molecule has 1 saturated carbocycles. The van der Waals surface area contributed by atoms with Crippen molar-refractivity contribution in [2.45, 2.75) is 83.1 Å². The van der Waals surface area contributed by atoms with Gasteiger partial charge in [0.15, 0.2) is 0 Å². The number of fused-ring (bicyclic) bond motifs is 1. The van der Waals surface area contributed by atoms with Crippen LogP contribution in [0.25, 0.3) is 0 Å². The Balaban J connectivity index is 1.40. The van der Waals surface area contributed by atoms with E-state index in [1.165, 1.54) is 6.42 Å². The molecule has 8 heteroatoms. The predicted molar refractivity (Wildman–Crippen MR) is 140 cm³/mol. The van der Waals surface area contributed by atoms with Crippen molar-refractivity contribution in [3.8, 4) is 0 Å². The molecule has 5 rings (SSSR count). The van der Waals surface area contributed by atoms with Crippen LogP contribution < -0.4 is 10.6 Å². The Morgan fingerprint density at radius 2 is 1.92 bits per heavy atom. The number of amides is 3. The van der Waals surface area contributed by atoms with E-state index in [4.69, 9.17) is 9.47 Å². The van der Waals surface area contributed by atoms with Gasteiger partial charge in [-0.3, -0.25) is 14.4 Å². The molecule has 2 N–H and O–H groups in total. The second-order valence-corrected chi connectivity index (χ2v) is 10.9. The molecule has 1 aromatic carbocycles. The fraction of sp³-hybridized carbons (Fsp3) is 0.621. The molecule has 200 valence electrons. The zero-order valence-electron chi connectivity index (χ0n) is 22.1. The minimum atomic E-state index is -1.13. The third-order valence-electron chi connectivity index (χ3n) is 8.54. The largest absolute Gasteiger partial charge is 0.382 e. The van der Waals surface area contributed by atoms with Crippen LogP contribution in [-0.2, 0) is 23.9 Å². The number of nitrogens with one attached hydrogen (secondary N) is 2. The first-order valence-electron chi connectivity index (χ1n) is 13.8. The summed E-state index contributed by atoms with van der Waals surface area (Å²) in [5.74, 6) is -2.04. The van der Waals surface area contributed by atoms with E-state index in [1.54, 1.807) is 4.90 Å². The van der Waals surface area contributed by atoms with Gasteiger partial charge in [-0.05, 0) is 63.3 Å². The maximum absolute atomic E-state index is 13.9. The van der Waals surface area contributed by atoms with Gasteiger partial charge in [-0.15, -0.1) is 0 Å². The summed E-state index contributed by atoms with van der Waals surface area (Å²) in [7, 11) is 0. The second-order valence-electron chi connectivity index (χ2n) is 10.9. The number of carbonyl (C=O) groups excluding carboxylic acids is 3. The van der Waals surface area contributed by atoms with E-state index in [0.717, 1.165) is 36.8 Å². The third-order valence-corrected chi connectivity index (χ3v) is 8.54. The minimum Gasteiger partial charge on any atom is -0.382 e. The van der Waals surface area contributed by atoms with Crippen molar-refractivity contribution < 1.29 is 23.9 Å². The topological polar surface area (TPSA) is 97.0 Å². The van der Waals surface area contributed by atoms with Crippen molar-refractivity contribution in [3.63, 3.8) is 0 Å². The number of hydrogen-bond donors (Lipinski definition) is 2. The van der Waals surface area contributed by atoms with Gasteiger partial charge in [-0.25, -0.2) is 0 Å². The Morgan fingerprint density at radius 1 is 1.14 bits per heavy atom. The van der Waals surface area contributed by atoms with Crippen molar-refractivity contribution in [1.82, 2.24) is 10.2 Å². The first kappa shape index (κ1) is 25.9. The number of carbonyl (C=O) groups is 3. The lowest BCUT2D eigenvalue weighted by atomic mass is 9.74. The maximum Gasteiger partial charge on any atom is 0.246 e. The van der Waals surface area contributed by atoms with Gasteiger partial charge in [0.1, 0.15) is 11.6 Å². The van der Waals surface area contributed by atoms with Gasteiger partial charge in [-0.2, -0.15) is 0 Å². The van der Waals surface area contributed by atoms with Crippen LogP contribution >= 0.6 is 0 Å². The van der Waals surface area contributed by atoms with Crippen LogP contribution in [0.5, 0.6) is 0 Å². The van der Waals surface area contributed by atoms with Crippen LogP contribution in [0.3, 0.4) is 0 Å². The molecular formula is C29H39N3O5. The molecule has 0 radical (unpaired) electrons. The molecular weight excluding hydrogens is 470 g/mol. The van der Waals surface area contributed by atoms with Crippen LogP contribution in [0.2, 0.25) is 0 Å². The summed E-state index contributed by atoms with van der Waals surface area (Å²) >= 11 is 0. The van der Waals surface area contributed by atoms with E-state index in [9.17, 15) is 14.4 Å². The fourth-order valence-corrected chi connectivity index (χ4v) is 6.56. The number of anilines is 1. The zero-order chi connectivity index (χ0) is 26.2. The average Bonchev–Trinajstić information content (AvgIpc) is 3.52. The Bertz CT molecular complexity index is 1080. The molecule has 3 aliphatic heterocycles. The molecule has 5 atom stereocenters. The molecule has 3 heterocycles. The maximum atomic E-state index is 13.9. The van der Waals surface area contributed by atoms with Gasteiger partial charge in [0.2, 0.25) is 17.7 Å². The van der Waals surface area contributed by atoms with Crippen molar-refractivity contribution in [2.24, 2.45) is 11.8 Å². The number of aryl methyl sites for hydroxylation is 2. The summed E-state index contributed by atoms with van der Waals surface area (Å²) in [5.41, 5.74) is 1.79. The van der Waals surface area contributed by atoms with Crippen LogP contribution in [0.1, 0.15) is 56.6 Å². The summed E-state index contributed by atoms with van der Waals surface area (Å²) in [4.78, 5) is 42.9. The summed E-state index contributed by atoms with van der Waals surface area (Å²) in [6, 6.07) is 5.09. The van der Waals surface area contributed by atoms with Gasteiger partial charge in [0, 0.05) is 31.5 Å². The molecule has 4 aliphatic rings. The van der Waals surface area contributed by atoms with Crippen LogP contribution in [-0.4, -0.2) is 66.2 Å². The number of likely N-dealkylation sites (tertiary alicyclic amines) is 1. The molecule has 2 bridgehead atoms. The molecule has 37 heavy (non-hydrogen) atoms. The van der Waals surface area contributed by atoms with Gasteiger partial charge >= 0.3 is 0 Å². The number of ether oxygens (including phenoxy) is 2. The van der Waals surface area contributed by atoms with Crippen LogP contribution in [0.15, 0.2) is 30.4 Å². The molecule has 1 aromatic rings. The summed E-state index contributed by atoms with van der Waals surface area (Å²) in [6.07, 6.45) is 9.10. The lowest BCUT2D eigenvalue weighted by molar-refractivity contribution is -0.141. The SMILES string of the molecule is CCOCCCN1C(=O)[C@H]2[C@H](C(=O)Nc3ccc(C)c(C)c3)[C@H]3C=C[C@@]2(O3)[C@H]1C(=O)NC1CCCCC1. The first-order chi connectivity index (χ1) is 17.9. The molecule has 1 aliphatic carbocycles. The molecule has 8 nitrogen and oxygen atoms in total. The predicted octanol–water partition coefficient (Wildman–Crippen LogP) is 3.27. The average molecular weight is 510 g/mol. The second kappa shape index (κ2) is 10.6. The third kappa shape index (κ3) is 4.70. The van der Waals surface area contributed by atoms with E-state index in [1.807, 2.05) is 51.1 Å². The summed E-state index contributed by atoms with van der Waals surface area (Å²) < 4.78 is 11.9. The Labute approximate surface area is 219 Å². The monoisotopic (exact) mass is 509 g/mol. The Hall–Kier alpha value is -2.71. The molecule has 3 fully saturated rings. The van der Waals surface area contributed by atoms with E-state index in [0.29, 0.717) is 31.9 Å². The highest BCUT2D eigenvalue weighted by atomic mass is 16.5. The molecule has 2 saturated heterocycles. The lowest BCUT2D eigenvalue weighted by Crippen LogP contribution is -2.56. The van der Waals surface area contributed by atoms with Crippen LogP contribution in [0, 0.1) is 25.7 Å². The number of benzene rings is 1. The van der Waals surface area contributed by atoms with Gasteiger partial charge in [0.25, 0.3) is 0 Å². The van der Waals surface area contributed by atoms with Crippen LogP contribution in [0.4, 0.5) is 5.69 Å². The Kier molecular flexibility index (Phi) is 7.41. The highest BCUT2D eigenvalue weighted by Crippen LogP contribution is 2.55. The van der Waals surface area contributed by atoms with E-state index < -0.39 is 29.6 Å². The molecule has 1 spiro atoms. The highest BCUT2D eigenvalue weighted by molar-refractivity contribution is 6.02. The fourth-order valence-electron chi connectivity index (χ4n) is 6.56. The summed E-state index contributed by atoms with van der Waals surface area (Å²) in [5, 5.41) is 6.23. The normalized spacial score (nSPS) is 30.6. The van der Waals surface area contributed by atoms with Crippen molar-refractivity contribution in [2.75, 3.05) is 25.1 Å². The van der Waals surface area contributed by atoms with Gasteiger partial charge in [0.05, 0.1) is 17.9 Å². The van der Waals surface area contributed by atoms with E-state index in [-0.39, 0.29) is 23.8 Å². The number of nitrogens with zero attached hydrogens (tertiary/aromatic N) is 1. The van der Waals surface area contributed by atoms with Crippen molar-refractivity contribution in [3.05, 3.63) is 41.5 Å².